The summed E-state index contributed by atoms with van der Waals surface area (Å²) in [4.78, 5) is 2.63. The van der Waals surface area contributed by atoms with Crippen LogP contribution in [0.3, 0.4) is 0 Å². The maximum atomic E-state index is 6.21. The van der Waals surface area contributed by atoms with E-state index in [1.54, 1.807) is 0 Å². The third-order valence-corrected chi connectivity index (χ3v) is 5.30. The van der Waals surface area contributed by atoms with Crippen molar-refractivity contribution in [3.63, 3.8) is 0 Å². The van der Waals surface area contributed by atoms with Crippen LogP contribution in [0.15, 0.2) is 0 Å². The maximum absolute atomic E-state index is 6.21. The smallest absolute Gasteiger partial charge is 0.0568 e. The van der Waals surface area contributed by atoms with E-state index < -0.39 is 0 Å². The van der Waals surface area contributed by atoms with E-state index >= 15 is 0 Å². The molecule has 2 rings (SSSR count). The van der Waals surface area contributed by atoms with E-state index in [2.05, 4.69) is 25.8 Å². The van der Waals surface area contributed by atoms with Crippen molar-refractivity contribution >= 4 is 0 Å². The first-order valence-electron chi connectivity index (χ1n) is 8.16. The van der Waals surface area contributed by atoms with Gasteiger partial charge in [-0.3, -0.25) is 4.90 Å². The maximum Gasteiger partial charge on any atom is 0.0568 e. The van der Waals surface area contributed by atoms with Crippen LogP contribution in [0.1, 0.15) is 65.2 Å². The molecule has 2 aliphatic rings. The van der Waals surface area contributed by atoms with Crippen LogP contribution in [-0.4, -0.2) is 42.3 Å². The molecule has 0 spiro atoms. The normalized spacial score (nSPS) is 38.4. The molecule has 2 atom stereocenters. The van der Waals surface area contributed by atoms with Crippen molar-refractivity contribution in [3.8, 4) is 0 Å². The highest BCUT2D eigenvalue weighted by Crippen LogP contribution is 2.36. The Morgan fingerprint density at radius 1 is 1.05 bits per heavy atom. The Balaban J connectivity index is 2.09. The standard InChI is InChI=1S/C16H32N2O/c1-13-10-16(12-17,11-14(2)19-13)18(3)15-8-6-4-5-7-9-15/h13-15H,4-12,17H2,1-3H3. The number of hydrogen-bond acceptors (Lipinski definition) is 3. The second kappa shape index (κ2) is 6.55. The molecule has 0 aromatic rings. The molecule has 0 amide bonds. The fourth-order valence-electron chi connectivity index (χ4n) is 4.28. The van der Waals surface area contributed by atoms with Gasteiger partial charge in [0.1, 0.15) is 0 Å². The molecule has 1 heterocycles. The zero-order valence-electron chi connectivity index (χ0n) is 13.0. The monoisotopic (exact) mass is 268 g/mol. The molecule has 0 aromatic heterocycles. The van der Waals surface area contributed by atoms with Crippen LogP contribution in [-0.2, 0) is 4.74 Å². The quantitative estimate of drug-likeness (QED) is 0.800. The van der Waals surface area contributed by atoms with Crippen LogP contribution in [0.5, 0.6) is 0 Å². The van der Waals surface area contributed by atoms with Gasteiger partial charge in [-0.2, -0.15) is 0 Å². The Morgan fingerprint density at radius 3 is 2.05 bits per heavy atom. The second-order valence-electron chi connectivity index (χ2n) is 6.85. The van der Waals surface area contributed by atoms with Gasteiger partial charge < -0.3 is 10.5 Å². The predicted octanol–water partition coefficient (Wildman–Crippen LogP) is 2.93. The number of hydrogen-bond donors (Lipinski definition) is 1. The number of nitrogens with zero attached hydrogens (tertiary/aromatic N) is 1. The molecule has 19 heavy (non-hydrogen) atoms. The summed E-state index contributed by atoms with van der Waals surface area (Å²) < 4.78 is 5.92. The Morgan fingerprint density at radius 2 is 1.58 bits per heavy atom. The summed E-state index contributed by atoms with van der Waals surface area (Å²) in [6.45, 7) is 5.15. The highest BCUT2D eigenvalue weighted by atomic mass is 16.5. The summed E-state index contributed by atoms with van der Waals surface area (Å²) in [7, 11) is 2.31. The van der Waals surface area contributed by atoms with E-state index in [-0.39, 0.29) is 5.54 Å². The minimum atomic E-state index is 0.159. The third kappa shape index (κ3) is 3.50. The molecular weight excluding hydrogens is 236 g/mol. The average Bonchev–Trinajstić information content (AvgIpc) is 2.65. The summed E-state index contributed by atoms with van der Waals surface area (Å²) in [5.74, 6) is 0. The van der Waals surface area contributed by atoms with Gasteiger partial charge in [0, 0.05) is 18.1 Å². The summed E-state index contributed by atoms with van der Waals surface area (Å²) in [5, 5.41) is 0. The van der Waals surface area contributed by atoms with Gasteiger partial charge in [-0.1, -0.05) is 25.7 Å². The Bertz CT molecular complexity index is 264. The van der Waals surface area contributed by atoms with Crippen molar-refractivity contribution in [2.45, 2.75) is 89.0 Å². The minimum Gasteiger partial charge on any atom is -0.375 e. The van der Waals surface area contributed by atoms with Crippen molar-refractivity contribution in [3.05, 3.63) is 0 Å². The molecule has 2 unspecified atom stereocenters. The van der Waals surface area contributed by atoms with Crippen molar-refractivity contribution in [2.24, 2.45) is 5.73 Å². The van der Waals surface area contributed by atoms with E-state index in [1.165, 1.54) is 38.5 Å². The van der Waals surface area contributed by atoms with Crippen LogP contribution in [0.4, 0.5) is 0 Å². The average molecular weight is 268 g/mol. The molecule has 0 bridgehead atoms. The third-order valence-electron chi connectivity index (χ3n) is 5.30. The van der Waals surface area contributed by atoms with Gasteiger partial charge in [-0.05, 0) is 46.6 Å². The van der Waals surface area contributed by atoms with Crippen LogP contribution in [0, 0.1) is 0 Å². The lowest BCUT2D eigenvalue weighted by molar-refractivity contribution is -0.107. The topological polar surface area (TPSA) is 38.5 Å². The second-order valence-corrected chi connectivity index (χ2v) is 6.85. The first-order chi connectivity index (χ1) is 9.07. The fraction of sp³-hybridized carbons (Fsp3) is 1.00. The van der Waals surface area contributed by atoms with Gasteiger partial charge in [-0.25, -0.2) is 0 Å². The molecule has 0 radical (unpaired) electrons. The van der Waals surface area contributed by atoms with Crippen LogP contribution < -0.4 is 5.73 Å². The molecular formula is C16H32N2O. The number of likely N-dealkylation sites (N-methyl/N-ethyl adjacent to an activating group) is 1. The first-order valence-corrected chi connectivity index (χ1v) is 8.16. The van der Waals surface area contributed by atoms with Gasteiger partial charge in [-0.15, -0.1) is 0 Å². The van der Waals surface area contributed by atoms with Crippen LogP contribution in [0.25, 0.3) is 0 Å². The molecule has 2 N–H and O–H groups in total. The molecule has 1 aliphatic heterocycles. The zero-order valence-corrected chi connectivity index (χ0v) is 13.0. The summed E-state index contributed by atoms with van der Waals surface area (Å²) in [5.41, 5.74) is 6.37. The van der Waals surface area contributed by atoms with Gasteiger partial charge in [0.05, 0.1) is 12.2 Å². The van der Waals surface area contributed by atoms with Gasteiger partial charge in [0.15, 0.2) is 0 Å². The van der Waals surface area contributed by atoms with Crippen LogP contribution >= 0.6 is 0 Å². The first kappa shape index (κ1) is 15.3. The minimum absolute atomic E-state index is 0.159. The van der Waals surface area contributed by atoms with E-state index in [4.69, 9.17) is 10.5 Å². The van der Waals surface area contributed by atoms with Crippen molar-refractivity contribution in [2.75, 3.05) is 13.6 Å². The largest absolute Gasteiger partial charge is 0.375 e. The lowest BCUT2D eigenvalue weighted by Gasteiger charge is -2.51. The van der Waals surface area contributed by atoms with E-state index in [0.29, 0.717) is 12.2 Å². The highest BCUT2D eigenvalue weighted by molar-refractivity contribution is 4.98. The SMILES string of the molecule is CC1CC(CN)(N(C)C2CCCCCC2)CC(C)O1. The summed E-state index contributed by atoms with van der Waals surface area (Å²) in [6.07, 6.45) is 11.1. The van der Waals surface area contributed by atoms with Crippen molar-refractivity contribution < 1.29 is 4.74 Å². The Labute approximate surface area is 118 Å². The Kier molecular flexibility index (Phi) is 5.27. The van der Waals surface area contributed by atoms with Gasteiger partial charge >= 0.3 is 0 Å². The molecule has 2 fully saturated rings. The number of rotatable bonds is 3. The molecule has 1 aliphatic carbocycles. The number of nitrogens with two attached hydrogens (primary N) is 1. The van der Waals surface area contributed by atoms with Crippen molar-refractivity contribution in [1.29, 1.82) is 0 Å². The van der Waals surface area contributed by atoms with Crippen molar-refractivity contribution in [1.82, 2.24) is 4.90 Å². The predicted molar refractivity (Wildman–Crippen MR) is 80.3 cm³/mol. The molecule has 1 saturated heterocycles. The van der Waals surface area contributed by atoms with Gasteiger partial charge in [0.2, 0.25) is 0 Å². The Hall–Kier alpha value is -0.120. The summed E-state index contributed by atoms with van der Waals surface area (Å²) in [6, 6.07) is 0.726. The fourth-order valence-corrected chi connectivity index (χ4v) is 4.28. The highest BCUT2D eigenvalue weighted by Gasteiger charge is 2.42. The van der Waals surface area contributed by atoms with E-state index in [9.17, 15) is 0 Å². The summed E-state index contributed by atoms with van der Waals surface area (Å²) >= 11 is 0. The molecule has 3 heteroatoms. The lowest BCUT2D eigenvalue weighted by atomic mass is 9.81. The molecule has 112 valence electrons. The van der Waals surface area contributed by atoms with Crippen LogP contribution in [0.2, 0.25) is 0 Å². The molecule has 1 saturated carbocycles. The number of ether oxygens (including phenoxy) is 1. The molecule has 3 nitrogen and oxygen atoms in total. The lowest BCUT2D eigenvalue weighted by Crippen LogP contribution is -2.61. The van der Waals surface area contributed by atoms with E-state index in [0.717, 1.165) is 25.4 Å². The van der Waals surface area contributed by atoms with Gasteiger partial charge in [0.25, 0.3) is 0 Å². The molecule has 0 aromatic carbocycles. The zero-order chi connectivity index (χ0) is 13.9. The van der Waals surface area contributed by atoms with E-state index in [1.807, 2.05) is 0 Å².